The van der Waals surface area contributed by atoms with Crippen LogP contribution in [0.25, 0.3) is 0 Å². The van der Waals surface area contributed by atoms with Gasteiger partial charge in [0.1, 0.15) is 0 Å². The van der Waals surface area contributed by atoms with Crippen LogP contribution in [0.4, 0.5) is 0 Å². The van der Waals surface area contributed by atoms with Gasteiger partial charge in [0.05, 0.1) is 0 Å². The molecule has 2 aromatic rings. The SMILES string of the molecule is C[C@H](Cc1ccccc1)[C@H](C)C(=O)c1ccccc1. The van der Waals surface area contributed by atoms with Gasteiger partial charge in [0.2, 0.25) is 0 Å². The average Bonchev–Trinajstić information content (AvgIpc) is 2.47. The Bertz CT molecular complexity index is 516. The Labute approximate surface area is 115 Å². The average molecular weight is 252 g/mol. The highest BCUT2D eigenvalue weighted by Gasteiger charge is 2.21. The van der Waals surface area contributed by atoms with E-state index in [4.69, 9.17) is 0 Å². The lowest BCUT2D eigenvalue weighted by Crippen LogP contribution is -2.20. The first kappa shape index (κ1) is 13.5. The van der Waals surface area contributed by atoms with Gasteiger partial charge in [0.25, 0.3) is 0 Å². The van der Waals surface area contributed by atoms with E-state index in [1.807, 2.05) is 55.5 Å². The molecule has 0 heterocycles. The zero-order chi connectivity index (χ0) is 13.7. The summed E-state index contributed by atoms with van der Waals surface area (Å²) in [6, 6.07) is 19.9. The van der Waals surface area contributed by atoms with Gasteiger partial charge in [-0.25, -0.2) is 0 Å². The number of Topliss-reactive ketones (excluding diaryl/α,β-unsaturated/α-hetero) is 1. The van der Waals surface area contributed by atoms with Crippen LogP contribution in [0.15, 0.2) is 60.7 Å². The quantitative estimate of drug-likeness (QED) is 0.721. The van der Waals surface area contributed by atoms with Gasteiger partial charge in [-0.15, -0.1) is 0 Å². The Kier molecular flexibility index (Phi) is 4.51. The van der Waals surface area contributed by atoms with Crippen LogP contribution in [0.1, 0.15) is 29.8 Å². The molecule has 0 unspecified atom stereocenters. The predicted octanol–water partition coefficient (Wildman–Crippen LogP) is 4.38. The van der Waals surface area contributed by atoms with Crippen molar-refractivity contribution in [3.63, 3.8) is 0 Å². The molecule has 2 atom stereocenters. The van der Waals surface area contributed by atoms with Gasteiger partial charge in [-0.05, 0) is 17.9 Å². The molecular weight excluding hydrogens is 232 g/mol. The van der Waals surface area contributed by atoms with Crippen molar-refractivity contribution in [1.29, 1.82) is 0 Å². The van der Waals surface area contributed by atoms with Gasteiger partial charge in [0.15, 0.2) is 5.78 Å². The maximum atomic E-state index is 12.4. The molecule has 0 spiro atoms. The maximum absolute atomic E-state index is 12.4. The van der Waals surface area contributed by atoms with Crippen LogP contribution >= 0.6 is 0 Å². The fourth-order valence-electron chi connectivity index (χ4n) is 2.29. The summed E-state index contributed by atoms with van der Waals surface area (Å²) in [6.45, 7) is 4.18. The van der Waals surface area contributed by atoms with Crippen molar-refractivity contribution in [2.45, 2.75) is 20.3 Å². The summed E-state index contributed by atoms with van der Waals surface area (Å²) in [5.41, 5.74) is 2.11. The molecule has 19 heavy (non-hydrogen) atoms. The molecular formula is C18H20O. The lowest BCUT2D eigenvalue weighted by Gasteiger charge is -2.19. The largest absolute Gasteiger partial charge is 0.294 e. The summed E-state index contributed by atoms with van der Waals surface area (Å²) < 4.78 is 0. The molecule has 0 aliphatic heterocycles. The Morgan fingerprint density at radius 3 is 2.00 bits per heavy atom. The smallest absolute Gasteiger partial charge is 0.165 e. The van der Waals surface area contributed by atoms with E-state index in [1.54, 1.807) is 0 Å². The molecule has 0 bridgehead atoms. The van der Waals surface area contributed by atoms with Crippen molar-refractivity contribution in [2.75, 3.05) is 0 Å². The number of hydrogen-bond acceptors (Lipinski definition) is 1. The first-order valence-corrected chi connectivity index (χ1v) is 6.81. The van der Waals surface area contributed by atoms with Crippen LogP contribution in [-0.4, -0.2) is 5.78 Å². The molecule has 0 radical (unpaired) electrons. The topological polar surface area (TPSA) is 17.1 Å². The summed E-state index contributed by atoms with van der Waals surface area (Å²) in [7, 11) is 0. The number of rotatable bonds is 5. The van der Waals surface area contributed by atoms with Crippen molar-refractivity contribution in [2.24, 2.45) is 11.8 Å². The molecule has 0 aliphatic rings. The first-order chi connectivity index (χ1) is 9.18. The van der Waals surface area contributed by atoms with E-state index in [0.29, 0.717) is 5.92 Å². The Morgan fingerprint density at radius 1 is 0.895 bits per heavy atom. The van der Waals surface area contributed by atoms with Crippen LogP contribution in [0.3, 0.4) is 0 Å². The molecule has 1 heteroatoms. The molecule has 0 amide bonds. The van der Waals surface area contributed by atoms with Gasteiger partial charge in [-0.3, -0.25) is 4.79 Å². The maximum Gasteiger partial charge on any atom is 0.165 e. The summed E-state index contributed by atoms with van der Waals surface area (Å²) in [4.78, 5) is 12.4. The van der Waals surface area contributed by atoms with Crippen LogP contribution in [0, 0.1) is 11.8 Å². The van der Waals surface area contributed by atoms with E-state index in [2.05, 4.69) is 19.1 Å². The number of carbonyl (C=O) groups excluding carboxylic acids is 1. The fourth-order valence-corrected chi connectivity index (χ4v) is 2.29. The zero-order valence-electron chi connectivity index (χ0n) is 11.5. The summed E-state index contributed by atoms with van der Waals surface area (Å²) in [5.74, 6) is 0.627. The highest BCUT2D eigenvalue weighted by molar-refractivity contribution is 5.97. The van der Waals surface area contributed by atoms with E-state index in [9.17, 15) is 4.79 Å². The van der Waals surface area contributed by atoms with Crippen LogP contribution < -0.4 is 0 Å². The van der Waals surface area contributed by atoms with Crippen molar-refractivity contribution >= 4 is 5.78 Å². The minimum Gasteiger partial charge on any atom is -0.294 e. The summed E-state index contributed by atoms with van der Waals surface area (Å²) in [5, 5.41) is 0. The summed E-state index contributed by atoms with van der Waals surface area (Å²) >= 11 is 0. The lowest BCUT2D eigenvalue weighted by molar-refractivity contribution is 0.0893. The van der Waals surface area contributed by atoms with Gasteiger partial charge < -0.3 is 0 Å². The normalized spacial score (nSPS) is 13.8. The molecule has 98 valence electrons. The van der Waals surface area contributed by atoms with E-state index in [1.165, 1.54) is 5.56 Å². The molecule has 0 aromatic heterocycles. The molecule has 0 aliphatic carbocycles. The van der Waals surface area contributed by atoms with Gasteiger partial charge in [-0.2, -0.15) is 0 Å². The van der Waals surface area contributed by atoms with E-state index in [-0.39, 0.29) is 11.7 Å². The number of hydrogen-bond donors (Lipinski definition) is 0. The third-order valence-corrected chi connectivity index (χ3v) is 3.73. The second kappa shape index (κ2) is 6.33. The van der Waals surface area contributed by atoms with Crippen LogP contribution in [-0.2, 0) is 6.42 Å². The van der Waals surface area contributed by atoms with Gasteiger partial charge >= 0.3 is 0 Å². The van der Waals surface area contributed by atoms with Crippen molar-refractivity contribution in [3.05, 3.63) is 71.8 Å². The van der Waals surface area contributed by atoms with Crippen molar-refractivity contribution in [3.8, 4) is 0 Å². The predicted molar refractivity (Wildman–Crippen MR) is 79.2 cm³/mol. The molecule has 0 saturated carbocycles. The zero-order valence-corrected chi connectivity index (χ0v) is 11.5. The van der Waals surface area contributed by atoms with E-state index >= 15 is 0 Å². The fraction of sp³-hybridized carbons (Fsp3) is 0.278. The molecule has 0 N–H and O–H groups in total. The third-order valence-electron chi connectivity index (χ3n) is 3.73. The van der Waals surface area contributed by atoms with E-state index < -0.39 is 0 Å². The molecule has 2 aromatic carbocycles. The molecule has 0 saturated heterocycles. The Morgan fingerprint density at radius 2 is 1.42 bits per heavy atom. The highest BCUT2D eigenvalue weighted by atomic mass is 16.1. The van der Waals surface area contributed by atoms with Crippen molar-refractivity contribution < 1.29 is 4.79 Å². The molecule has 2 rings (SSSR count). The Hall–Kier alpha value is -1.89. The standard InChI is InChI=1S/C18H20O/c1-14(13-16-9-5-3-6-10-16)15(2)18(19)17-11-7-4-8-12-17/h3-12,14-15H,13H2,1-2H3/t14-,15+/m1/s1. The Balaban J connectivity index is 2.03. The van der Waals surface area contributed by atoms with E-state index in [0.717, 1.165) is 12.0 Å². The second-order valence-corrected chi connectivity index (χ2v) is 5.19. The monoisotopic (exact) mass is 252 g/mol. The first-order valence-electron chi connectivity index (χ1n) is 6.81. The third kappa shape index (κ3) is 3.54. The highest BCUT2D eigenvalue weighted by Crippen LogP contribution is 2.21. The van der Waals surface area contributed by atoms with Crippen LogP contribution in [0.2, 0.25) is 0 Å². The lowest BCUT2D eigenvalue weighted by atomic mass is 9.84. The number of benzene rings is 2. The second-order valence-electron chi connectivity index (χ2n) is 5.19. The number of ketones is 1. The minimum absolute atomic E-state index is 0.0441. The van der Waals surface area contributed by atoms with Gasteiger partial charge in [-0.1, -0.05) is 74.5 Å². The number of carbonyl (C=O) groups is 1. The molecule has 0 fully saturated rings. The summed E-state index contributed by atoms with van der Waals surface area (Å²) in [6.07, 6.45) is 0.945. The van der Waals surface area contributed by atoms with Crippen molar-refractivity contribution in [1.82, 2.24) is 0 Å². The van der Waals surface area contributed by atoms with Gasteiger partial charge in [0, 0.05) is 11.5 Å². The van der Waals surface area contributed by atoms with Crippen LogP contribution in [0.5, 0.6) is 0 Å². The molecule has 1 nitrogen and oxygen atoms in total. The minimum atomic E-state index is 0.0441.